The van der Waals surface area contributed by atoms with Gasteiger partial charge in [0.15, 0.2) is 0 Å². The SMILES string of the molecule is COc1ccc(CC[P+](c2ccccc2)(c2ccccc2)c2ccccc2)c(OC)c1. The van der Waals surface area contributed by atoms with Gasteiger partial charge in [-0.1, -0.05) is 60.7 Å². The molecule has 0 saturated heterocycles. The first-order valence-corrected chi connectivity index (χ1v) is 12.5. The molecule has 3 heteroatoms. The molecule has 4 aromatic carbocycles. The van der Waals surface area contributed by atoms with Crippen molar-refractivity contribution in [2.24, 2.45) is 0 Å². The summed E-state index contributed by atoms with van der Waals surface area (Å²) in [5, 5.41) is 4.21. The van der Waals surface area contributed by atoms with Crippen molar-refractivity contribution in [2.75, 3.05) is 20.4 Å². The summed E-state index contributed by atoms with van der Waals surface area (Å²) in [7, 11) is 1.56. The highest BCUT2D eigenvalue weighted by molar-refractivity contribution is 7.95. The Balaban J connectivity index is 1.85. The highest BCUT2D eigenvalue weighted by Gasteiger charge is 2.44. The minimum atomic E-state index is -1.85. The van der Waals surface area contributed by atoms with Gasteiger partial charge in [-0.3, -0.25) is 0 Å². The molecule has 0 fully saturated rings. The van der Waals surface area contributed by atoms with Crippen LogP contribution in [0, 0.1) is 0 Å². The van der Waals surface area contributed by atoms with E-state index < -0.39 is 7.26 Å². The summed E-state index contributed by atoms with van der Waals surface area (Å²) in [5.74, 6) is 1.70. The number of aryl methyl sites for hydroxylation is 1. The van der Waals surface area contributed by atoms with Crippen LogP contribution in [0.25, 0.3) is 0 Å². The molecule has 4 aromatic rings. The van der Waals surface area contributed by atoms with Crippen molar-refractivity contribution < 1.29 is 9.47 Å². The van der Waals surface area contributed by atoms with E-state index in [0.29, 0.717) is 0 Å². The number of ether oxygens (including phenoxy) is 2. The lowest BCUT2D eigenvalue weighted by Gasteiger charge is -2.28. The van der Waals surface area contributed by atoms with Gasteiger partial charge in [-0.2, -0.15) is 0 Å². The highest BCUT2D eigenvalue weighted by Crippen LogP contribution is 2.55. The lowest BCUT2D eigenvalue weighted by atomic mass is 10.1. The molecule has 0 unspecified atom stereocenters. The van der Waals surface area contributed by atoms with E-state index in [1.165, 1.54) is 21.5 Å². The van der Waals surface area contributed by atoms with E-state index in [-0.39, 0.29) is 0 Å². The van der Waals surface area contributed by atoms with E-state index in [0.717, 1.165) is 24.1 Å². The van der Waals surface area contributed by atoms with Gasteiger partial charge >= 0.3 is 0 Å². The average molecular weight is 428 g/mol. The molecule has 156 valence electrons. The lowest BCUT2D eigenvalue weighted by molar-refractivity contribution is 0.391. The van der Waals surface area contributed by atoms with Crippen LogP contribution in [0.4, 0.5) is 0 Å². The molecule has 0 atom stereocenters. The summed E-state index contributed by atoms with van der Waals surface area (Å²) >= 11 is 0. The second-order valence-electron chi connectivity index (χ2n) is 7.47. The molecule has 2 nitrogen and oxygen atoms in total. The Labute approximate surface area is 185 Å². The number of benzene rings is 4. The van der Waals surface area contributed by atoms with E-state index in [1.807, 2.05) is 12.1 Å². The quantitative estimate of drug-likeness (QED) is 0.358. The van der Waals surface area contributed by atoms with E-state index in [1.54, 1.807) is 14.2 Å². The molecule has 0 N–H and O–H groups in total. The van der Waals surface area contributed by atoms with Gasteiger partial charge in [0.25, 0.3) is 0 Å². The Bertz CT molecular complexity index is 999. The van der Waals surface area contributed by atoms with Gasteiger partial charge < -0.3 is 9.47 Å². The fourth-order valence-electron chi connectivity index (χ4n) is 4.23. The molecule has 0 aliphatic heterocycles. The van der Waals surface area contributed by atoms with E-state index in [2.05, 4.69) is 97.1 Å². The van der Waals surface area contributed by atoms with Crippen molar-refractivity contribution in [3.8, 4) is 11.5 Å². The maximum absolute atomic E-state index is 5.70. The number of rotatable bonds is 8. The van der Waals surface area contributed by atoms with Gasteiger partial charge in [-0.25, -0.2) is 0 Å². The Kier molecular flexibility index (Phi) is 6.70. The van der Waals surface area contributed by atoms with Crippen molar-refractivity contribution >= 4 is 23.2 Å². The van der Waals surface area contributed by atoms with Crippen molar-refractivity contribution in [3.05, 3.63) is 115 Å². The molecule has 0 amide bonds. The normalized spacial score (nSPS) is 11.2. The number of hydrogen-bond donors (Lipinski definition) is 0. The summed E-state index contributed by atoms with van der Waals surface area (Å²) in [5.41, 5.74) is 1.20. The largest absolute Gasteiger partial charge is 0.497 e. The van der Waals surface area contributed by atoms with Gasteiger partial charge in [-0.15, -0.1) is 0 Å². The maximum Gasteiger partial charge on any atom is 0.125 e. The van der Waals surface area contributed by atoms with Crippen LogP contribution in [-0.4, -0.2) is 20.4 Å². The number of methoxy groups -OCH3 is 2. The summed E-state index contributed by atoms with van der Waals surface area (Å²) in [6, 6.07) is 39.1. The molecular weight excluding hydrogens is 399 g/mol. The minimum Gasteiger partial charge on any atom is -0.497 e. The first kappa shape index (κ1) is 21.2. The van der Waals surface area contributed by atoms with Gasteiger partial charge in [0, 0.05) is 12.5 Å². The zero-order valence-corrected chi connectivity index (χ0v) is 19.0. The predicted molar refractivity (Wildman–Crippen MR) is 133 cm³/mol. The van der Waals surface area contributed by atoms with E-state index in [4.69, 9.17) is 9.47 Å². The Morgan fingerprint density at radius 3 is 1.48 bits per heavy atom. The molecule has 0 aliphatic carbocycles. The maximum atomic E-state index is 5.70. The second-order valence-corrected chi connectivity index (χ2v) is 11.1. The zero-order valence-electron chi connectivity index (χ0n) is 18.1. The van der Waals surface area contributed by atoms with Gasteiger partial charge in [0.1, 0.15) is 34.7 Å². The Morgan fingerprint density at radius 1 is 0.581 bits per heavy atom. The molecule has 31 heavy (non-hydrogen) atoms. The van der Waals surface area contributed by atoms with Gasteiger partial charge in [0.05, 0.1) is 20.4 Å². The van der Waals surface area contributed by atoms with Crippen LogP contribution >= 0.6 is 7.26 Å². The van der Waals surface area contributed by atoms with Crippen molar-refractivity contribution in [1.29, 1.82) is 0 Å². The lowest BCUT2D eigenvalue weighted by Crippen LogP contribution is -2.34. The van der Waals surface area contributed by atoms with Crippen molar-refractivity contribution in [2.45, 2.75) is 6.42 Å². The molecule has 4 rings (SSSR count). The summed E-state index contributed by atoms with van der Waals surface area (Å²) in [4.78, 5) is 0. The Morgan fingerprint density at radius 2 is 1.06 bits per heavy atom. The minimum absolute atomic E-state index is 0.816. The summed E-state index contributed by atoms with van der Waals surface area (Å²) in [6.45, 7) is 0. The third-order valence-corrected chi connectivity index (χ3v) is 10.2. The van der Waals surface area contributed by atoms with Crippen LogP contribution in [0.5, 0.6) is 11.5 Å². The van der Waals surface area contributed by atoms with Gasteiger partial charge in [-0.05, 0) is 48.0 Å². The Hall–Kier alpha value is -3.09. The first-order chi connectivity index (χ1) is 15.3. The molecule has 0 spiro atoms. The summed E-state index contributed by atoms with van der Waals surface area (Å²) < 4.78 is 11.1. The fraction of sp³-hybridized carbons (Fsp3) is 0.143. The first-order valence-electron chi connectivity index (χ1n) is 10.5. The van der Waals surface area contributed by atoms with Crippen LogP contribution in [0.2, 0.25) is 0 Å². The number of hydrogen-bond acceptors (Lipinski definition) is 2. The third-order valence-electron chi connectivity index (χ3n) is 5.80. The van der Waals surface area contributed by atoms with Crippen LogP contribution < -0.4 is 25.4 Å². The molecule has 0 saturated carbocycles. The van der Waals surface area contributed by atoms with Crippen molar-refractivity contribution in [3.63, 3.8) is 0 Å². The molecule has 0 aromatic heterocycles. The predicted octanol–water partition coefficient (Wildman–Crippen LogP) is 5.24. The van der Waals surface area contributed by atoms with E-state index >= 15 is 0 Å². The van der Waals surface area contributed by atoms with Gasteiger partial charge in [0.2, 0.25) is 0 Å². The van der Waals surface area contributed by atoms with Crippen LogP contribution in [0.15, 0.2) is 109 Å². The van der Waals surface area contributed by atoms with Crippen molar-refractivity contribution in [1.82, 2.24) is 0 Å². The fourth-order valence-corrected chi connectivity index (χ4v) is 8.52. The topological polar surface area (TPSA) is 18.5 Å². The monoisotopic (exact) mass is 427 g/mol. The highest BCUT2D eigenvalue weighted by atomic mass is 31.2. The third kappa shape index (κ3) is 4.36. The van der Waals surface area contributed by atoms with Crippen LogP contribution in [0.1, 0.15) is 5.56 Å². The average Bonchev–Trinajstić information content (AvgIpc) is 2.86. The van der Waals surface area contributed by atoms with E-state index in [9.17, 15) is 0 Å². The second kappa shape index (κ2) is 9.81. The molecular formula is C28H28O2P+. The molecule has 0 bridgehead atoms. The molecule has 0 radical (unpaired) electrons. The smallest absolute Gasteiger partial charge is 0.125 e. The standard InChI is InChI=1S/C28H28O2P/c1-29-24-19-18-23(28(22-24)30-2)20-21-31(25-12-6-3-7-13-25,26-14-8-4-9-15-26)27-16-10-5-11-17-27/h3-19,22H,20-21H2,1-2H3/q+1. The molecule has 0 aliphatic rings. The summed E-state index contributed by atoms with van der Waals surface area (Å²) in [6.07, 6.45) is 1.94. The zero-order chi connectivity index (χ0) is 21.5. The van der Waals surface area contributed by atoms with Crippen LogP contribution in [-0.2, 0) is 6.42 Å². The van der Waals surface area contributed by atoms with Crippen LogP contribution in [0.3, 0.4) is 0 Å². The molecule has 0 heterocycles.